The summed E-state index contributed by atoms with van der Waals surface area (Å²) in [6.07, 6.45) is 2.12. The van der Waals surface area contributed by atoms with Crippen LogP contribution in [0.4, 0.5) is 4.39 Å². The van der Waals surface area contributed by atoms with Crippen molar-refractivity contribution in [3.05, 3.63) is 83.7 Å². The molecular weight excluding hydrogens is 401 g/mol. The second-order valence-corrected chi connectivity index (χ2v) is 7.01. The molecule has 31 heavy (non-hydrogen) atoms. The standard InChI is InChI=1S/C24H24FNO5/c1-3-14-31-19-11-7-17(8-12-19)22(27)20-21(16-5-9-18(25)10-6-16)26(13-4-15-30-2)24(29)23(20)28/h3,5-12,21,27H,1,4,13-15H2,2H3/t21-/m1/s1. The number of halogens is 1. The molecule has 0 spiro atoms. The molecule has 1 aliphatic heterocycles. The Morgan fingerprint density at radius 3 is 2.45 bits per heavy atom. The number of rotatable bonds is 9. The molecule has 162 valence electrons. The summed E-state index contributed by atoms with van der Waals surface area (Å²) in [7, 11) is 1.55. The van der Waals surface area contributed by atoms with Crippen LogP contribution in [0.15, 0.2) is 66.8 Å². The van der Waals surface area contributed by atoms with Gasteiger partial charge in [-0.1, -0.05) is 24.8 Å². The zero-order valence-electron chi connectivity index (χ0n) is 17.2. The Morgan fingerprint density at radius 1 is 1.16 bits per heavy atom. The van der Waals surface area contributed by atoms with Crippen LogP contribution < -0.4 is 4.74 Å². The van der Waals surface area contributed by atoms with Crippen LogP contribution in [0, 0.1) is 5.82 Å². The van der Waals surface area contributed by atoms with Crippen molar-refractivity contribution < 1.29 is 28.6 Å². The van der Waals surface area contributed by atoms with Crippen LogP contribution in [0.5, 0.6) is 5.75 Å². The van der Waals surface area contributed by atoms with E-state index in [1.807, 2.05) is 0 Å². The summed E-state index contributed by atoms with van der Waals surface area (Å²) in [6.45, 7) is 4.59. The lowest BCUT2D eigenvalue weighted by atomic mass is 9.95. The van der Waals surface area contributed by atoms with E-state index in [9.17, 15) is 19.1 Å². The van der Waals surface area contributed by atoms with Crippen molar-refractivity contribution in [1.29, 1.82) is 0 Å². The molecule has 1 heterocycles. The number of carbonyl (C=O) groups is 2. The number of nitrogens with zero attached hydrogens (tertiary/aromatic N) is 1. The van der Waals surface area contributed by atoms with Crippen LogP contribution in [-0.2, 0) is 14.3 Å². The molecule has 3 rings (SSSR count). The van der Waals surface area contributed by atoms with E-state index in [1.54, 1.807) is 37.5 Å². The fraction of sp³-hybridized carbons (Fsp3) is 0.250. The molecule has 0 radical (unpaired) electrons. The first kappa shape index (κ1) is 22.2. The van der Waals surface area contributed by atoms with Gasteiger partial charge in [0.25, 0.3) is 11.7 Å². The third-order valence-electron chi connectivity index (χ3n) is 4.97. The minimum atomic E-state index is -0.825. The second kappa shape index (κ2) is 10.0. The van der Waals surface area contributed by atoms with Gasteiger partial charge in [-0.05, 0) is 48.4 Å². The Kier molecular flexibility index (Phi) is 7.20. The van der Waals surface area contributed by atoms with Gasteiger partial charge in [-0.25, -0.2) is 4.39 Å². The zero-order valence-corrected chi connectivity index (χ0v) is 17.2. The molecule has 0 aliphatic carbocycles. The number of amides is 1. The largest absolute Gasteiger partial charge is 0.507 e. The lowest BCUT2D eigenvalue weighted by Crippen LogP contribution is -2.31. The highest BCUT2D eigenvalue weighted by molar-refractivity contribution is 6.46. The number of likely N-dealkylation sites (tertiary alicyclic amines) is 1. The Hall–Kier alpha value is -3.45. The number of hydrogen-bond donors (Lipinski definition) is 1. The Morgan fingerprint density at radius 2 is 1.84 bits per heavy atom. The number of carbonyl (C=O) groups excluding carboxylic acids is 2. The minimum Gasteiger partial charge on any atom is -0.507 e. The van der Waals surface area contributed by atoms with Crippen molar-refractivity contribution in [2.45, 2.75) is 12.5 Å². The van der Waals surface area contributed by atoms with Gasteiger partial charge < -0.3 is 19.5 Å². The van der Waals surface area contributed by atoms with Crippen molar-refractivity contribution in [2.24, 2.45) is 0 Å². The van der Waals surface area contributed by atoms with Gasteiger partial charge in [0.15, 0.2) is 0 Å². The first-order valence-electron chi connectivity index (χ1n) is 9.85. The highest BCUT2D eigenvalue weighted by atomic mass is 19.1. The molecule has 0 aromatic heterocycles. The van der Waals surface area contributed by atoms with E-state index >= 15 is 0 Å². The molecule has 1 fully saturated rings. The van der Waals surface area contributed by atoms with Crippen LogP contribution in [0.1, 0.15) is 23.6 Å². The van der Waals surface area contributed by atoms with E-state index in [1.165, 1.54) is 29.2 Å². The number of aliphatic hydroxyl groups is 1. The average molecular weight is 425 g/mol. The van der Waals surface area contributed by atoms with Crippen LogP contribution in [-0.4, -0.2) is 48.6 Å². The second-order valence-electron chi connectivity index (χ2n) is 7.01. The monoisotopic (exact) mass is 425 g/mol. The number of benzene rings is 2. The van der Waals surface area contributed by atoms with Crippen molar-refractivity contribution in [2.75, 3.05) is 26.9 Å². The van der Waals surface area contributed by atoms with Gasteiger partial charge in [0.05, 0.1) is 11.6 Å². The summed E-state index contributed by atoms with van der Waals surface area (Å²) in [5.41, 5.74) is 0.868. The Bertz CT molecular complexity index is 982. The van der Waals surface area contributed by atoms with Crippen molar-refractivity contribution in [3.63, 3.8) is 0 Å². The lowest BCUT2D eigenvalue weighted by Gasteiger charge is -2.25. The van der Waals surface area contributed by atoms with Crippen molar-refractivity contribution >= 4 is 17.4 Å². The van der Waals surface area contributed by atoms with Gasteiger partial charge in [0.2, 0.25) is 0 Å². The molecule has 1 saturated heterocycles. The van der Waals surface area contributed by atoms with Crippen LogP contribution in [0.2, 0.25) is 0 Å². The Balaban J connectivity index is 2.03. The van der Waals surface area contributed by atoms with Crippen LogP contribution >= 0.6 is 0 Å². The number of hydrogen-bond acceptors (Lipinski definition) is 5. The topological polar surface area (TPSA) is 76.1 Å². The maximum absolute atomic E-state index is 13.5. The van der Waals surface area contributed by atoms with Gasteiger partial charge in [0.1, 0.15) is 23.9 Å². The van der Waals surface area contributed by atoms with Gasteiger partial charge in [-0.15, -0.1) is 0 Å². The fourth-order valence-electron chi connectivity index (χ4n) is 3.50. The normalized spacial score (nSPS) is 17.7. The van der Waals surface area contributed by atoms with Gasteiger partial charge in [-0.2, -0.15) is 0 Å². The van der Waals surface area contributed by atoms with Gasteiger partial charge >= 0.3 is 0 Å². The number of ketones is 1. The molecule has 0 bridgehead atoms. The highest BCUT2D eigenvalue weighted by Crippen LogP contribution is 2.39. The summed E-state index contributed by atoms with van der Waals surface area (Å²) in [5.74, 6) is -1.65. The molecule has 2 aromatic carbocycles. The third kappa shape index (κ3) is 4.83. The quantitative estimate of drug-likeness (QED) is 0.217. The molecule has 1 aliphatic rings. The zero-order chi connectivity index (χ0) is 22.4. The van der Waals surface area contributed by atoms with Gasteiger partial charge in [0, 0.05) is 25.8 Å². The van der Waals surface area contributed by atoms with Gasteiger partial charge in [-0.3, -0.25) is 9.59 Å². The summed E-state index contributed by atoms with van der Waals surface area (Å²) >= 11 is 0. The van der Waals surface area contributed by atoms with E-state index in [2.05, 4.69) is 6.58 Å². The number of methoxy groups -OCH3 is 1. The summed E-state index contributed by atoms with van der Waals surface area (Å²) in [5, 5.41) is 11.0. The predicted molar refractivity (Wildman–Crippen MR) is 114 cm³/mol. The van der Waals surface area contributed by atoms with E-state index in [0.29, 0.717) is 36.5 Å². The number of ether oxygens (including phenoxy) is 2. The molecular formula is C24H24FNO5. The summed E-state index contributed by atoms with van der Waals surface area (Å²) in [6, 6.07) is 11.2. The smallest absolute Gasteiger partial charge is 0.295 e. The number of Topliss-reactive ketones (excluding diaryl/α,β-unsaturated/α-hetero) is 1. The summed E-state index contributed by atoms with van der Waals surface area (Å²) in [4.78, 5) is 27.0. The molecule has 0 unspecified atom stereocenters. The highest BCUT2D eigenvalue weighted by Gasteiger charge is 2.45. The van der Waals surface area contributed by atoms with Crippen molar-refractivity contribution in [3.8, 4) is 5.75 Å². The SMILES string of the molecule is C=CCOc1ccc(C(O)=C2C(=O)C(=O)N(CCCOC)[C@@H]2c2ccc(F)cc2)cc1. The molecule has 2 aromatic rings. The van der Waals surface area contributed by atoms with E-state index < -0.39 is 23.5 Å². The molecule has 7 heteroatoms. The maximum Gasteiger partial charge on any atom is 0.295 e. The molecule has 6 nitrogen and oxygen atoms in total. The van der Waals surface area contributed by atoms with Crippen LogP contribution in [0.25, 0.3) is 5.76 Å². The van der Waals surface area contributed by atoms with E-state index in [-0.39, 0.29) is 17.9 Å². The minimum absolute atomic E-state index is 0.0335. The van der Waals surface area contributed by atoms with Crippen molar-refractivity contribution in [1.82, 2.24) is 4.90 Å². The lowest BCUT2D eigenvalue weighted by molar-refractivity contribution is -0.140. The molecule has 1 N–H and O–H groups in total. The molecule has 1 atom stereocenters. The number of aliphatic hydroxyl groups excluding tert-OH is 1. The average Bonchev–Trinajstić information content (AvgIpc) is 3.03. The third-order valence-corrected chi connectivity index (χ3v) is 4.97. The fourth-order valence-corrected chi connectivity index (χ4v) is 3.50. The Labute approximate surface area is 180 Å². The first-order chi connectivity index (χ1) is 15.0. The molecule has 0 saturated carbocycles. The summed E-state index contributed by atoms with van der Waals surface area (Å²) < 4.78 is 24.0. The van der Waals surface area contributed by atoms with E-state index in [0.717, 1.165) is 0 Å². The first-order valence-corrected chi connectivity index (χ1v) is 9.85. The van der Waals surface area contributed by atoms with Crippen LogP contribution in [0.3, 0.4) is 0 Å². The maximum atomic E-state index is 13.5. The van der Waals surface area contributed by atoms with E-state index in [4.69, 9.17) is 9.47 Å². The molecule has 1 amide bonds. The predicted octanol–water partition coefficient (Wildman–Crippen LogP) is 3.85.